The third kappa shape index (κ3) is 2.34. The van der Waals surface area contributed by atoms with Gasteiger partial charge >= 0.3 is 0 Å². The first-order valence-corrected chi connectivity index (χ1v) is 6.44. The third-order valence-corrected chi connectivity index (χ3v) is 4.20. The fourth-order valence-electron chi connectivity index (χ4n) is 1.76. The molecule has 2 heterocycles. The molecule has 14 heavy (non-hydrogen) atoms. The molecule has 1 aliphatic rings. The van der Waals surface area contributed by atoms with E-state index in [-0.39, 0.29) is 6.10 Å². The van der Waals surface area contributed by atoms with E-state index in [1.54, 1.807) is 0 Å². The number of nitrogens with zero attached hydrogens (tertiary/aromatic N) is 1. The van der Waals surface area contributed by atoms with Gasteiger partial charge in [-0.05, 0) is 47.8 Å². The van der Waals surface area contributed by atoms with Gasteiger partial charge in [0, 0.05) is 5.38 Å². The van der Waals surface area contributed by atoms with E-state index in [2.05, 4.69) is 26.2 Å². The smallest absolute Gasteiger partial charge is 0.123 e. The number of rotatable bonds is 2. The maximum Gasteiger partial charge on any atom is 0.123 e. The highest BCUT2D eigenvalue weighted by molar-refractivity contribution is 9.10. The topological polar surface area (TPSA) is 45.2 Å². The molecule has 1 saturated heterocycles. The lowest BCUT2D eigenvalue weighted by Gasteiger charge is -2.25. The summed E-state index contributed by atoms with van der Waals surface area (Å²) in [7, 11) is 0. The van der Waals surface area contributed by atoms with Crippen LogP contribution in [0, 0.1) is 5.92 Å². The van der Waals surface area contributed by atoms with Crippen molar-refractivity contribution >= 4 is 27.3 Å². The van der Waals surface area contributed by atoms with Gasteiger partial charge in [-0.1, -0.05) is 0 Å². The van der Waals surface area contributed by atoms with Crippen LogP contribution in [0.1, 0.15) is 24.0 Å². The van der Waals surface area contributed by atoms with Crippen LogP contribution in [0.2, 0.25) is 0 Å². The molecule has 1 aliphatic heterocycles. The van der Waals surface area contributed by atoms with Crippen LogP contribution < -0.4 is 5.32 Å². The van der Waals surface area contributed by atoms with Gasteiger partial charge in [0.1, 0.15) is 15.7 Å². The van der Waals surface area contributed by atoms with E-state index in [1.165, 1.54) is 11.3 Å². The molecular formula is C9H13BrN2OS. The SMILES string of the molecule is OC(c1nc(Br)cs1)C1CCNCC1. The first-order valence-electron chi connectivity index (χ1n) is 4.77. The molecule has 2 rings (SSSR count). The quantitative estimate of drug-likeness (QED) is 0.868. The van der Waals surface area contributed by atoms with E-state index < -0.39 is 0 Å². The molecule has 0 aliphatic carbocycles. The Morgan fingerprint density at radius 2 is 2.29 bits per heavy atom. The zero-order valence-corrected chi connectivity index (χ0v) is 10.1. The number of aliphatic hydroxyl groups is 1. The zero-order chi connectivity index (χ0) is 9.97. The maximum absolute atomic E-state index is 10.1. The van der Waals surface area contributed by atoms with Crippen LogP contribution in [-0.4, -0.2) is 23.2 Å². The van der Waals surface area contributed by atoms with Gasteiger partial charge in [0.2, 0.25) is 0 Å². The number of aliphatic hydroxyl groups excluding tert-OH is 1. The Kier molecular flexibility index (Phi) is 3.54. The molecule has 0 spiro atoms. The van der Waals surface area contributed by atoms with E-state index >= 15 is 0 Å². The Morgan fingerprint density at radius 3 is 2.86 bits per heavy atom. The number of piperidine rings is 1. The van der Waals surface area contributed by atoms with Crippen molar-refractivity contribution in [1.82, 2.24) is 10.3 Å². The van der Waals surface area contributed by atoms with Crippen LogP contribution in [0.4, 0.5) is 0 Å². The second-order valence-corrected chi connectivity index (χ2v) is 5.24. The molecule has 1 unspecified atom stereocenters. The molecule has 2 N–H and O–H groups in total. The van der Waals surface area contributed by atoms with E-state index in [1.807, 2.05) is 5.38 Å². The van der Waals surface area contributed by atoms with Crippen molar-refractivity contribution in [3.05, 3.63) is 15.0 Å². The van der Waals surface area contributed by atoms with Gasteiger partial charge in [0.25, 0.3) is 0 Å². The van der Waals surface area contributed by atoms with Crippen LogP contribution in [-0.2, 0) is 0 Å². The minimum absolute atomic E-state index is 0.370. The first kappa shape index (κ1) is 10.5. The molecule has 5 heteroatoms. The molecule has 0 saturated carbocycles. The summed E-state index contributed by atoms with van der Waals surface area (Å²) in [4.78, 5) is 4.25. The maximum atomic E-state index is 10.1. The molecule has 1 atom stereocenters. The lowest BCUT2D eigenvalue weighted by Crippen LogP contribution is -2.30. The molecule has 78 valence electrons. The fraction of sp³-hybridized carbons (Fsp3) is 0.667. The van der Waals surface area contributed by atoms with Crippen LogP contribution in [0.3, 0.4) is 0 Å². The molecule has 3 nitrogen and oxygen atoms in total. The predicted octanol–water partition coefficient (Wildman–Crippen LogP) is 1.94. The minimum Gasteiger partial charge on any atom is -0.386 e. The molecule has 0 aromatic carbocycles. The largest absolute Gasteiger partial charge is 0.386 e. The van der Waals surface area contributed by atoms with E-state index in [4.69, 9.17) is 0 Å². The molecule has 1 fully saturated rings. The lowest BCUT2D eigenvalue weighted by atomic mass is 9.92. The third-order valence-electron chi connectivity index (χ3n) is 2.58. The van der Waals surface area contributed by atoms with Gasteiger partial charge in [-0.15, -0.1) is 11.3 Å². The zero-order valence-electron chi connectivity index (χ0n) is 7.74. The standard InChI is InChI=1S/C9H13BrN2OS/c10-7-5-14-9(12-7)8(13)6-1-3-11-4-2-6/h5-6,8,11,13H,1-4H2. The van der Waals surface area contributed by atoms with Crippen LogP contribution in [0.25, 0.3) is 0 Å². The van der Waals surface area contributed by atoms with Gasteiger partial charge < -0.3 is 10.4 Å². The Bertz CT molecular complexity index is 299. The second-order valence-electron chi connectivity index (χ2n) is 3.54. The van der Waals surface area contributed by atoms with E-state index in [0.717, 1.165) is 35.5 Å². The van der Waals surface area contributed by atoms with Crippen LogP contribution in [0.15, 0.2) is 9.98 Å². The van der Waals surface area contributed by atoms with E-state index in [9.17, 15) is 5.11 Å². The molecule has 0 radical (unpaired) electrons. The summed E-state index contributed by atoms with van der Waals surface area (Å²) in [6.07, 6.45) is 1.70. The summed E-state index contributed by atoms with van der Waals surface area (Å²) < 4.78 is 0.825. The van der Waals surface area contributed by atoms with Gasteiger partial charge in [-0.2, -0.15) is 0 Å². The average Bonchev–Trinajstić information content (AvgIpc) is 2.65. The van der Waals surface area contributed by atoms with E-state index in [0.29, 0.717) is 5.92 Å². The lowest BCUT2D eigenvalue weighted by molar-refractivity contribution is 0.0886. The Morgan fingerprint density at radius 1 is 1.57 bits per heavy atom. The number of hydrogen-bond acceptors (Lipinski definition) is 4. The van der Waals surface area contributed by atoms with Gasteiger partial charge in [0.05, 0.1) is 0 Å². The summed E-state index contributed by atoms with van der Waals surface area (Å²) >= 11 is 4.82. The van der Waals surface area contributed by atoms with Crippen LogP contribution >= 0.6 is 27.3 Å². The van der Waals surface area contributed by atoms with Gasteiger partial charge in [-0.3, -0.25) is 0 Å². The number of aromatic nitrogens is 1. The molecule has 1 aromatic heterocycles. The van der Waals surface area contributed by atoms with Crippen molar-refractivity contribution < 1.29 is 5.11 Å². The molecular weight excluding hydrogens is 264 g/mol. The normalized spacial score (nSPS) is 21.0. The van der Waals surface area contributed by atoms with Crippen molar-refractivity contribution in [2.45, 2.75) is 18.9 Å². The van der Waals surface area contributed by atoms with Crippen molar-refractivity contribution in [3.8, 4) is 0 Å². The average molecular weight is 277 g/mol. The van der Waals surface area contributed by atoms with Gasteiger partial charge in [0.15, 0.2) is 0 Å². The highest BCUT2D eigenvalue weighted by Gasteiger charge is 2.24. The number of halogens is 1. The van der Waals surface area contributed by atoms with Gasteiger partial charge in [-0.25, -0.2) is 4.98 Å². The Labute approximate surface area is 95.7 Å². The summed E-state index contributed by atoms with van der Waals surface area (Å²) in [6, 6.07) is 0. The monoisotopic (exact) mass is 276 g/mol. The Hall–Kier alpha value is 0.0300. The number of hydrogen-bond donors (Lipinski definition) is 2. The fourth-order valence-corrected chi connectivity index (χ4v) is 3.11. The minimum atomic E-state index is -0.381. The summed E-state index contributed by atoms with van der Waals surface area (Å²) in [5.74, 6) is 0.370. The summed E-state index contributed by atoms with van der Waals surface area (Å²) in [5.41, 5.74) is 0. The Balaban J connectivity index is 2.03. The van der Waals surface area contributed by atoms with Crippen molar-refractivity contribution in [3.63, 3.8) is 0 Å². The summed E-state index contributed by atoms with van der Waals surface area (Å²) in [5, 5.41) is 16.1. The summed E-state index contributed by atoms with van der Waals surface area (Å²) in [6.45, 7) is 2.02. The van der Waals surface area contributed by atoms with Crippen LogP contribution in [0.5, 0.6) is 0 Å². The second kappa shape index (κ2) is 4.70. The first-order chi connectivity index (χ1) is 6.77. The highest BCUT2D eigenvalue weighted by Crippen LogP contribution is 2.31. The van der Waals surface area contributed by atoms with Crippen molar-refractivity contribution in [2.75, 3.05) is 13.1 Å². The molecule has 0 amide bonds. The number of thiazole rings is 1. The molecule has 1 aromatic rings. The highest BCUT2D eigenvalue weighted by atomic mass is 79.9. The molecule has 0 bridgehead atoms. The predicted molar refractivity (Wildman–Crippen MR) is 60.4 cm³/mol. The number of nitrogens with one attached hydrogen (secondary N) is 1. The van der Waals surface area contributed by atoms with Crippen molar-refractivity contribution in [2.24, 2.45) is 5.92 Å². The van der Waals surface area contributed by atoms with Crippen molar-refractivity contribution in [1.29, 1.82) is 0 Å².